The minimum absolute atomic E-state index is 0.0140. The molecule has 0 aliphatic heterocycles. The highest BCUT2D eigenvalue weighted by molar-refractivity contribution is 7.91. The summed E-state index contributed by atoms with van der Waals surface area (Å²) in [5.41, 5.74) is 1.21. The molecule has 0 aromatic carbocycles. The molecule has 1 aromatic rings. The van der Waals surface area contributed by atoms with Crippen molar-refractivity contribution in [2.75, 3.05) is 11.5 Å². The number of thiophene rings is 1. The Balaban J connectivity index is 2.49. The molecule has 1 N–H and O–H groups in total. The van der Waals surface area contributed by atoms with Gasteiger partial charge in [-0.25, -0.2) is 8.42 Å². The van der Waals surface area contributed by atoms with Gasteiger partial charge in [0.2, 0.25) is 0 Å². The zero-order valence-electron chi connectivity index (χ0n) is 9.93. The summed E-state index contributed by atoms with van der Waals surface area (Å²) in [5, 5.41) is 7.41. The van der Waals surface area contributed by atoms with Gasteiger partial charge in [-0.2, -0.15) is 11.3 Å². The summed E-state index contributed by atoms with van der Waals surface area (Å²) in [6.45, 7) is 5.65. The van der Waals surface area contributed by atoms with Gasteiger partial charge >= 0.3 is 0 Å². The van der Waals surface area contributed by atoms with Crippen molar-refractivity contribution in [3.63, 3.8) is 0 Å². The van der Waals surface area contributed by atoms with E-state index in [1.165, 1.54) is 5.56 Å². The molecule has 5 heteroatoms. The van der Waals surface area contributed by atoms with Gasteiger partial charge < -0.3 is 5.32 Å². The lowest BCUT2D eigenvalue weighted by molar-refractivity contribution is 0.500. The second-order valence-corrected chi connectivity index (χ2v) is 7.22. The topological polar surface area (TPSA) is 46.2 Å². The fourth-order valence-electron chi connectivity index (χ4n) is 1.59. The Bertz CT molecular complexity index is 398. The number of rotatable bonds is 6. The number of nitrogens with one attached hydrogen (secondary N) is 1. The highest BCUT2D eigenvalue weighted by atomic mass is 32.2. The summed E-state index contributed by atoms with van der Waals surface area (Å²) < 4.78 is 22.9. The Morgan fingerprint density at radius 1 is 1.44 bits per heavy atom. The van der Waals surface area contributed by atoms with E-state index in [9.17, 15) is 8.42 Å². The second kappa shape index (κ2) is 5.80. The van der Waals surface area contributed by atoms with Crippen LogP contribution in [0.5, 0.6) is 0 Å². The lowest BCUT2D eigenvalue weighted by Crippen LogP contribution is -2.35. The summed E-state index contributed by atoms with van der Waals surface area (Å²) in [6, 6.07) is 2.25. The van der Waals surface area contributed by atoms with E-state index in [0.29, 0.717) is 0 Å². The quantitative estimate of drug-likeness (QED) is 0.854. The van der Waals surface area contributed by atoms with Crippen LogP contribution in [-0.2, 0) is 9.84 Å². The van der Waals surface area contributed by atoms with E-state index < -0.39 is 9.84 Å². The molecule has 0 aliphatic carbocycles. The van der Waals surface area contributed by atoms with E-state index in [1.807, 2.05) is 12.3 Å². The molecule has 0 radical (unpaired) electrons. The van der Waals surface area contributed by atoms with Crippen molar-refractivity contribution < 1.29 is 8.42 Å². The van der Waals surface area contributed by atoms with Gasteiger partial charge in [-0.3, -0.25) is 0 Å². The molecule has 0 amide bonds. The maximum absolute atomic E-state index is 11.4. The average Bonchev–Trinajstić information content (AvgIpc) is 2.69. The molecule has 16 heavy (non-hydrogen) atoms. The van der Waals surface area contributed by atoms with Crippen LogP contribution in [-0.4, -0.2) is 26.0 Å². The molecule has 0 spiro atoms. The Morgan fingerprint density at radius 3 is 2.62 bits per heavy atom. The molecular formula is C11H19NO2S2. The number of hydrogen-bond donors (Lipinski definition) is 1. The molecule has 92 valence electrons. The summed E-state index contributed by atoms with van der Waals surface area (Å²) in [6.07, 6.45) is 0. The summed E-state index contributed by atoms with van der Waals surface area (Å²) in [5.74, 6) is 0.420. The van der Waals surface area contributed by atoms with Crippen LogP contribution >= 0.6 is 11.3 Å². The molecule has 0 fully saturated rings. The lowest BCUT2D eigenvalue weighted by atomic mass is 10.1. The van der Waals surface area contributed by atoms with Gasteiger partial charge in [0.25, 0.3) is 0 Å². The lowest BCUT2D eigenvalue weighted by Gasteiger charge is -2.19. The van der Waals surface area contributed by atoms with Crippen LogP contribution < -0.4 is 5.32 Å². The Morgan fingerprint density at radius 2 is 2.12 bits per heavy atom. The van der Waals surface area contributed by atoms with Gasteiger partial charge in [-0.05, 0) is 36.2 Å². The maximum Gasteiger partial charge on any atom is 0.151 e. The van der Waals surface area contributed by atoms with Gasteiger partial charge in [0, 0.05) is 17.8 Å². The number of hydrogen-bond acceptors (Lipinski definition) is 4. The minimum Gasteiger partial charge on any atom is -0.307 e. The zero-order chi connectivity index (χ0) is 12.2. The van der Waals surface area contributed by atoms with Crippen molar-refractivity contribution in [1.29, 1.82) is 0 Å². The summed E-state index contributed by atoms with van der Waals surface area (Å²) in [4.78, 5) is 0. The van der Waals surface area contributed by atoms with Gasteiger partial charge in [-0.15, -0.1) is 0 Å². The zero-order valence-corrected chi connectivity index (χ0v) is 11.6. The fourth-order valence-corrected chi connectivity index (χ4v) is 3.44. The molecular weight excluding hydrogens is 242 g/mol. The standard InChI is InChI=1S/C11H19NO2S2/c1-4-16(13,14)8-9(2)12-10(3)11-5-6-15-7-11/h5-7,9-10,12H,4,8H2,1-3H3/t9-,10-/m1/s1. The van der Waals surface area contributed by atoms with Gasteiger partial charge in [0.15, 0.2) is 9.84 Å². The van der Waals surface area contributed by atoms with Crippen molar-refractivity contribution in [3.05, 3.63) is 22.4 Å². The van der Waals surface area contributed by atoms with Gasteiger partial charge in [0.05, 0.1) is 5.75 Å². The molecule has 0 unspecified atom stereocenters. The summed E-state index contributed by atoms with van der Waals surface area (Å²) in [7, 11) is -2.89. The Labute approximate surface area is 102 Å². The van der Waals surface area contributed by atoms with E-state index in [2.05, 4.69) is 23.7 Å². The molecule has 1 aromatic heterocycles. The SMILES string of the molecule is CCS(=O)(=O)C[C@@H](C)N[C@H](C)c1ccsc1. The molecule has 0 saturated carbocycles. The molecule has 1 rings (SSSR count). The maximum atomic E-state index is 11.4. The predicted octanol–water partition coefficient (Wildman–Crippen LogP) is 2.22. The van der Waals surface area contributed by atoms with Crippen LogP contribution in [0.15, 0.2) is 16.8 Å². The van der Waals surface area contributed by atoms with E-state index in [0.717, 1.165) is 0 Å². The van der Waals surface area contributed by atoms with Gasteiger partial charge in [0.1, 0.15) is 0 Å². The average molecular weight is 261 g/mol. The third kappa shape index (κ3) is 4.23. The van der Waals surface area contributed by atoms with Crippen molar-refractivity contribution in [1.82, 2.24) is 5.32 Å². The monoisotopic (exact) mass is 261 g/mol. The van der Waals surface area contributed by atoms with Crippen molar-refractivity contribution in [3.8, 4) is 0 Å². The smallest absolute Gasteiger partial charge is 0.151 e. The molecule has 0 bridgehead atoms. The minimum atomic E-state index is -2.89. The predicted molar refractivity (Wildman–Crippen MR) is 69.7 cm³/mol. The molecule has 2 atom stereocenters. The highest BCUT2D eigenvalue weighted by Crippen LogP contribution is 2.16. The third-order valence-electron chi connectivity index (χ3n) is 2.52. The molecule has 0 aliphatic rings. The van der Waals surface area contributed by atoms with Crippen LogP contribution in [0.1, 0.15) is 32.4 Å². The number of sulfone groups is 1. The van der Waals surface area contributed by atoms with Crippen LogP contribution in [0.4, 0.5) is 0 Å². The van der Waals surface area contributed by atoms with Crippen LogP contribution in [0.25, 0.3) is 0 Å². The first-order valence-corrected chi connectivity index (χ1v) is 8.19. The summed E-state index contributed by atoms with van der Waals surface area (Å²) >= 11 is 1.65. The first-order chi connectivity index (χ1) is 7.44. The van der Waals surface area contributed by atoms with Crippen molar-refractivity contribution in [2.45, 2.75) is 32.9 Å². The third-order valence-corrected chi connectivity index (χ3v) is 5.11. The first kappa shape index (κ1) is 13.7. The second-order valence-electron chi connectivity index (χ2n) is 4.04. The van der Waals surface area contributed by atoms with Crippen LogP contribution in [0.3, 0.4) is 0 Å². The largest absolute Gasteiger partial charge is 0.307 e. The first-order valence-electron chi connectivity index (χ1n) is 5.43. The van der Waals surface area contributed by atoms with E-state index >= 15 is 0 Å². The Kier molecular flexibility index (Phi) is 4.95. The molecule has 0 saturated heterocycles. The van der Waals surface area contributed by atoms with Crippen LogP contribution in [0, 0.1) is 0 Å². The van der Waals surface area contributed by atoms with E-state index in [1.54, 1.807) is 18.3 Å². The normalized spacial score (nSPS) is 15.9. The molecule has 3 nitrogen and oxygen atoms in total. The molecule has 1 heterocycles. The van der Waals surface area contributed by atoms with Gasteiger partial charge in [-0.1, -0.05) is 6.92 Å². The van der Waals surface area contributed by atoms with Crippen molar-refractivity contribution in [2.24, 2.45) is 0 Å². The Hall–Kier alpha value is -0.390. The highest BCUT2D eigenvalue weighted by Gasteiger charge is 2.16. The van der Waals surface area contributed by atoms with Crippen molar-refractivity contribution >= 4 is 21.2 Å². The fraction of sp³-hybridized carbons (Fsp3) is 0.636. The van der Waals surface area contributed by atoms with Crippen LogP contribution in [0.2, 0.25) is 0 Å². The van der Waals surface area contributed by atoms with E-state index in [-0.39, 0.29) is 23.6 Å². The van der Waals surface area contributed by atoms with E-state index in [4.69, 9.17) is 0 Å².